The van der Waals surface area contributed by atoms with Crippen molar-refractivity contribution >= 4 is 64.6 Å². The minimum atomic E-state index is -0.142. The van der Waals surface area contributed by atoms with E-state index in [0.29, 0.717) is 0 Å². The van der Waals surface area contributed by atoms with Gasteiger partial charge in [0.25, 0.3) is 0 Å². The summed E-state index contributed by atoms with van der Waals surface area (Å²) in [5, 5.41) is 15.4. The van der Waals surface area contributed by atoms with E-state index in [1.54, 1.807) is 0 Å². The van der Waals surface area contributed by atoms with Gasteiger partial charge in [-0.15, -0.1) is 0 Å². The number of rotatable bonds is 3. The number of benzene rings is 11. The van der Waals surface area contributed by atoms with Gasteiger partial charge < -0.3 is 0 Å². The Bertz CT molecular complexity index is 3430. The molecular formula is C57H38. The van der Waals surface area contributed by atoms with E-state index in [9.17, 15) is 0 Å². The first kappa shape index (κ1) is 32.2. The fourth-order valence-electron chi connectivity index (χ4n) is 10.5. The summed E-state index contributed by atoms with van der Waals surface area (Å²) in [6.07, 6.45) is 0. The summed E-state index contributed by atoms with van der Waals surface area (Å²) in [4.78, 5) is 0. The van der Waals surface area contributed by atoms with Gasteiger partial charge in [0.2, 0.25) is 0 Å². The van der Waals surface area contributed by atoms with E-state index in [0.717, 1.165) is 0 Å². The maximum absolute atomic E-state index is 2.44. The van der Waals surface area contributed by atoms with Gasteiger partial charge in [-0.2, -0.15) is 0 Å². The Morgan fingerprint density at radius 3 is 1.53 bits per heavy atom. The van der Waals surface area contributed by atoms with E-state index in [2.05, 4.69) is 208 Å². The molecule has 0 heteroatoms. The van der Waals surface area contributed by atoms with Crippen LogP contribution >= 0.6 is 0 Å². The first-order chi connectivity index (χ1) is 28.1. The highest BCUT2D eigenvalue weighted by Gasteiger charge is 2.38. The zero-order valence-electron chi connectivity index (χ0n) is 32.0. The Balaban J connectivity index is 1.11. The second kappa shape index (κ2) is 12.0. The highest BCUT2D eigenvalue weighted by Crippen LogP contribution is 2.55. The minimum Gasteiger partial charge on any atom is -0.0616 e. The standard InChI is InChI=1S/C57H38/c1-57(2)51-32-31-36-16-4-6-20-41(36)55(51)49-28-14-27-42(56(49)57)37-17-13-18-38(33-37)53-45-23-9-11-25-47(45)54(48-26-12-10-24-46(48)53)50-34-39-30-29-35-15-3-5-19-40(35)52(39)44-22-8-7-21-43(44)50/h3-34H,1-2H3. The highest BCUT2D eigenvalue weighted by atomic mass is 14.4. The number of fused-ring (bicyclic) bond motifs is 12. The molecule has 0 heterocycles. The molecule has 1 aliphatic carbocycles. The van der Waals surface area contributed by atoms with E-state index in [-0.39, 0.29) is 5.41 Å². The number of hydrogen-bond acceptors (Lipinski definition) is 0. The average molecular weight is 723 g/mol. The Morgan fingerprint density at radius 1 is 0.298 bits per heavy atom. The highest BCUT2D eigenvalue weighted by molar-refractivity contribution is 6.28. The quantitative estimate of drug-likeness (QED) is 0.126. The topological polar surface area (TPSA) is 0 Å². The fraction of sp³-hybridized carbons (Fsp3) is 0.0526. The lowest BCUT2D eigenvalue weighted by molar-refractivity contribution is 0.662. The molecule has 0 fully saturated rings. The van der Waals surface area contributed by atoms with Crippen molar-refractivity contribution in [2.75, 3.05) is 0 Å². The molecule has 0 aromatic heterocycles. The summed E-state index contributed by atoms with van der Waals surface area (Å²) >= 11 is 0. The van der Waals surface area contributed by atoms with Crippen LogP contribution in [-0.2, 0) is 5.41 Å². The molecule has 57 heavy (non-hydrogen) atoms. The first-order valence-electron chi connectivity index (χ1n) is 20.1. The van der Waals surface area contributed by atoms with Crippen molar-refractivity contribution in [1.29, 1.82) is 0 Å². The van der Waals surface area contributed by atoms with Crippen LogP contribution in [0.15, 0.2) is 194 Å². The third-order valence-electron chi connectivity index (χ3n) is 13.0. The third-order valence-corrected chi connectivity index (χ3v) is 13.0. The normalized spacial score (nSPS) is 13.2. The van der Waals surface area contributed by atoms with Crippen LogP contribution in [0.2, 0.25) is 0 Å². The second-order valence-electron chi connectivity index (χ2n) is 16.3. The van der Waals surface area contributed by atoms with Crippen LogP contribution in [0.4, 0.5) is 0 Å². The second-order valence-corrected chi connectivity index (χ2v) is 16.3. The molecule has 0 unspecified atom stereocenters. The van der Waals surface area contributed by atoms with Crippen LogP contribution in [0.5, 0.6) is 0 Å². The predicted molar refractivity (Wildman–Crippen MR) is 245 cm³/mol. The van der Waals surface area contributed by atoms with Crippen molar-refractivity contribution < 1.29 is 0 Å². The fourth-order valence-corrected chi connectivity index (χ4v) is 10.5. The average Bonchev–Trinajstić information content (AvgIpc) is 3.51. The molecule has 0 radical (unpaired) electrons. The molecule has 0 spiro atoms. The van der Waals surface area contributed by atoms with Gasteiger partial charge in [-0.05, 0) is 132 Å². The predicted octanol–water partition coefficient (Wildman–Crippen LogP) is 15.9. The van der Waals surface area contributed by atoms with Gasteiger partial charge in [0.05, 0.1) is 0 Å². The van der Waals surface area contributed by atoms with Gasteiger partial charge in [-0.3, -0.25) is 0 Å². The molecule has 11 aromatic rings. The summed E-state index contributed by atoms with van der Waals surface area (Å²) in [6, 6.07) is 72.6. The molecule has 0 bridgehead atoms. The lowest BCUT2D eigenvalue weighted by atomic mass is 9.78. The van der Waals surface area contributed by atoms with Crippen molar-refractivity contribution in [2.24, 2.45) is 0 Å². The van der Waals surface area contributed by atoms with Crippen molar-refractivity contribution in [3.63, 3.8) is 0 Å². The van der Waals surface area contributed by atoms with Crippen LogP contribution in [-0.4, -0.2) is 0 Å². The zero-order valence-corrected chi connectivity index (χ0v) is 32.0. The van der Waals surface area contributed by atoms with E-state index < -0.39 is 0 Å². The van der Waals surface area contributed by atoms with Crippen molar-refractivity contribution in [3.05, 3.63) is 205 Å². The lowest BCUT2D eigenvalue weighted by Gasteiger charge is -2.25. The largest absolute Gasteiger partial charge is 0.0616 e. The van der Waals surface area contributed by atoms with Gasteiger partial charge >= 0.3 is 0 Å². The Labute approximate surface area is 332 Å². The maximum atomic E-state index is 2.44. The summed E-state index contributed by atoms with van der Waals surface area (Å²) in [5.74, 6) is 0. The van der Waals surface area contributed by atoms with Crippen LogP contribution in [0.25, 0.3) is 109 Å². The molecule has 0 aliphatic heterocycles. The van der Waals surface area contributed by atoms with E-state index in [1.807, 2.05) is 0 Å². The van der Waals surface area contributed by atoms with Crippen molar-refractivity contribution in [2.45, 2.75) is 19.3 Å². The molecule has 0 amide bonds. The Kier molecular flexibility index (Phi) is 6.78. The van der Waals surface area contributed by atoms with Gasteiger partial charge in [0.15, 0.2) is 0 Å². The Morgan fingerprint density at radius 2 is 0.807 bits per heavy atom. The summed E-state index contributed by atoms with van der Waals surface area (Å²) in [7, 11) is 0. The molecule has 0 nitrogen and oxygen atoms in total. The van der Waals surface area contributed by atoms with Gasteiger partial charge in [-0.25, -0.2) is 0 Å². The van der Waals surface area contributed by atoms with Crippen molar-refractivity contribution in [1.82, 2.24) is 0 Å². The molecule has 0 N–H and O–H groups in total. The SMILES string of the molecule is CC1(C)c2ccc3ccccc3c2-c2cccc(-c3cccc(-c4c5ccccc5c(-c5cc6ccc7ccccc7c6c6ccccc56)c5ccccc45)c3)c21. The van der Waals surface area contributed by atoms with E-state index in [1.165, 1.54) is 120 Å². The first-order valence-corrected chi connectivity index (χ1v) is 20.1. The van der Waals surface area contributed by atoms with Gasteiger partial charge in [0.1, 0.15) is 0 Å². The van der Waals surface area contributed by atoms with Gasteiger partial charge in [0, 0.05) is 5.41 Å². The monoisotopic (exact) mass is 722 g/mol. The molecule has 266 valence electrons. The van der Waals surface area contributed by atoms with Crippen LogP contribution < -0.4 is 0 Å². The summed E-state index contributed by atoms with van der Waals surface area (Å²) in [6.45, 7) is 4.80. The molecule has 0 saturated heterocycles. The molecule has 1 aliphatic rings. The summed E-state index contributed by atoms with van der Waals surface area (Å²) in [5.41, 5.74) is 13.0. The molecule has 0 saturated carbocycles. The maximum Gasteiger partial charge on any atom is 0.0165 e. The van der Waals surface area contributed by atoms with Crippen LogP contribution in [0, 0.1) is 0 Å². The number of hydrogen-bond donors (Lipinski definition) is 0. The van der Waals surface area contributed by atoms with Crippen LogP contribution in [0.3, 0.4) is 0 Å². The zero-order chi connectivity index (χ0) is 37.8. The Hall–Kier alpha value is -7.02. The molecule has 11 aromatic carbocycles. The lowest BCUT2D eigenvalue weighted by Crippen LogP contribution is -2.16. The van der Waals surface area contributed by atoms with Gasteiger partial charge in [-0.1, -0.05) is 196 Å². The molecular weight excluding hydrogens is 685 g/mol. The molecule has 0 atom stereocenters. The van der Waals surface area contributed by atoms with Crippen molar-refractivity contribution in [3.8, 4) is 44.5 Å². The minimum absolute atomic E-state index is 0.142. The summed E-state index contributed by atoms with van der Waals surface area (Å²) < 4.78 is 0. The smallest absolute Gasteiger partial charge is 0.0165 e. The van der Waals surface area contributed by atoms with E-state index >= 15 is 0 Å². The molecule has 12 rings (SSSR count). The van der Waals surface area contributed by atoms with E-state index in [4.69, 9.17) is 0 Å². The van der Waals surface area contributed by atoms with Crippen LogP contribution in [0.1, 0.15) is 25.0 Å². The third kappa shape index (κ3) is 4.56.